The van der Waals surface area contributed by atoms with E-state index in [1.165, 1.54) is 13.0 Å². The van der Waals surface area contributed by atoms with Crippen LogP contribution in [0.1, 0.15) is 45.4 Å². The smallest absolute Gasteiger partial charge is 0.226 e. The molecule has 5 rings (SSSR count). The van der Waals surface area contributed by atoms with Crippen molar-refractivity contribution in [3.05, 3.63) is 86.1 Å². The van der Waals surface area contributed by atoms with E-state index in [1.807, 2.05) is 25.7 Å². The molecule has 170 valence electrons. The van der Waals surface area contributed by atoms with E-state index in [0.29, 0.717) is 30.1 Å². The van der Waals surface area contributed by atoms with Gasteiger partial charge < -0.3 is 9.88 Å². The zero-order chi connectivity index (χ0) is 23.6. The maximum Gasteiger partial charge on any atom is 0.226 e. The highest BCUT2D eigenvalue weighted by Gasteiger charge is 2.36. The van der Waals surface area contributed by atoms with Gasteiger partial charge in [-0.1, -0.05) is 23.7 Å². The standard InChI is InChI=1S/C25H22ClF3N4/c1-11-5-6-16(22(29)21(11)28)24-23-15(17-9-18(26)19(27)10-20(17)32-23)7-8-33(24)25-30-13(3)12(2)14(4)31-25/h5-6,9-10,24,32H,7-8H2,1-4H3. The molecule has 1 N–H and O–H groups in total. The van der Waals surface area contributed by atoms with Gasteiger partial charge in [-0.05, 0) is 62.9 Å². The molecule has 1 unspecified atom stereocenters. The lowest BCUT2D eigenvalue weighted by molar-refractivity contribution is 0.481. The van der Waals surface area contributed by atoms with Crippen LogP contribution >= 0.6 is 11.6 Å². The van der Waals surface area contributed by atoms with E-state index in [2.05, 4.69) is 15.0 Å². The number of nitrogens with one attached hydrogen (secondary N) is 1. The summed E-state index contributed by atoms with van der Waals surface area (Å²) in [6, 6.07) is 5.34. The molecule has 0 saturated carbocycles. The Kier molecular flexibility index (Phi) is 5.12. The highest BCUT2D eigenvalue weighted by molar-refractivity contribution is 6.31. The number of H-pyrrole nitrogens is 1. The number of benzene rings is 2. The van der Waals surface area contributed by atoms with Gasteiger partial charge in [-0.25, -0.2) is 23.1 Å². The summed E-state index contributed by atoms with van der Waals surface area (Å²) in [6.45, 7) is 7.74. The first-order chi connectivity index (χ1) is 15.7. The van der Waals surface area contributed by atoms with Crippen LogP contribution in [0.3, 0.4) is 0 Å². The predicted octanol–water partition coefficient (Wildman–Crippen LogP) is 6.41. The van der Waals surface area contributed by atoms with Crippen molar-refractivity contribution < 1.29 is 13.2 Å². The van der Waals surface area contributed by atoms with Gasteiger partial charge in [0.1, 0.15) is 11.9 Å². The minimum absolute atomic E-state index is 0.0176. The molecule has 1 aliphatic heterocycles. The van der Waals surface area contributed by atoms with Gasteiger partial charge in [-0.2, -0.15) is 0 Å². The number of anilines is 1. The number of aromatic amines is 1. The Hall–Kier alpha value is -3.06. The Bertz CT molecular complexity index is 1410. The monoisotopic (exact) mass is 470 g/mol. The molecule has 1 aliphatic rings. The fraction of sp³-hybridized carbons (Fsp3) is 0.280. The highest BCUT2D eigenvalue weighted by atomic mass is 35.5. The third-order valence-electron chi connectivity index (χ3n) is 6.65. The first-order valence-electron chi connectivity index (χ1n) is 10.7. The Morgan fingerprint density at radius 3 is 2.39 bits per heavy atom. The van der Waals surface area contributed by atoms with E-state index < -0.39 is 23.5 Å². The molecule has 0 fully saturated rings. The number of nitrogens with zero attached hydrogens (tertiary/aromatic N) is 3. The van der Waals surface area contributed by atoms with Crippen LogP contribution in [0.5, 0.6) is 0 Å². The Morgan fingerprint density at radius 2 is 1.70 bits per heavy atom. The maximum absolute atomic E-state index is 15.3. The average molecular weight is 471 g/mol. The van der Waals surface area contributed by atoms with Crippen LogP contribution in [0.2, 0.25) is 5.02 Å². The maximum atomic E-state index is 15.3. The minimum Gasteiger partial charge on any atom is -0.356 e. The zero-order valence-electron chi connectivity index (χ0n) is 18.7. The Balaban J connectivity index is 1.78. The number of rotatable bonds is 2. The zero-order valence-corrected chi connectivity index (χ0v) is 19.4. The van der Waals surface area contributed by atoms with Crippen molar-refractivity contribution >= 4 is 28.5 Å². The largest absolute Gasteiger partial charge is 0.356 e. The van der Waals surface area contributed by atoms with Crippen LogP contribution in [-0.2, 0) is 6.42 Å². The first-order valence-corrected chi connectivity index (χ1v) is 11.1. The molecule has 3 heterocycles. The molecule has 1 atom stereocenters. The van der Waals surface area contributed by atoms with Crippen molar-refractivity contribution in [3.8, 4) is 0 Å². The summed E-state index contributed by atoms with van der Waals surface area (Å²) >= 11 is 6.05. The Morgan fingerprint density at radius 1 is 1.00 bits per heavy atom. The fourth-order valence-electron chi connectivity index (χ4n) is 4.58. The molecular formula is C25H22ClF3N4. The van der Waals surface area contributed by atoms with Gasteiger partial charge in [0, 0.05) is 40.1 Å². The van der Waals surface area contributed by atoms with E-state index in [4.69, 9.17) is 11.6 Å². The average Bonchev–Trinajstić information content (AvgIpc) is 3.13. The van der Waals surface area contributed by atoms with Crippen molar-refractivity contribution in [2.75, 3.05) is 11.4 Å². The molecule has 8 heteroatoms. The van der Waals surface area contributed by atoms with Crippen LogP contribution < -0.4 is 4.90 Å². The van der Waals surface area contributed by atoms with Crippen molar-refractivity contribution in [1.29, 1.82) is 0 Å². The second-order valence-electron chi connectivity index (χ2n) is 8.59. The minimum atomic E-state index is -0.915. The molecule has 0 bridgehead atoms. The lowest BCUT2D eigenvalue weighted by Crippen LogP contribution is -2.38. The normalized spacial score (nSPS) is 15.9. The van der Waals surface area contributed by atoms with Gasteiger partial charge in [0.15, 0.2) is 11.6 Å². The number of aromatic nitrogens is 3. The van der Waals surface area contributed by atoms with E-state index >= 15 is 4.39 Å². The number of aryl methyl sites for hydroxylation is 3. The van der Waals surface area contributed by atoms with E-state index in [-0.39, 0.29) is 16.1 Å². The lowest BCUT2D eigenvalue weighted by atomic mass is 9.91. The van der Waals surface area contributed by atoms with Crippen LogP contribution in [0.4, 0.5) is 19.1 Å². The van der Waals surface area contributed by atoms with Crippen LogP contribution in [0, 0.1) is 45.1 Å². The number of hydrogen-bond donors (Lipinski definition) is 1. The third-order valence-corrected chi connectivity index (χ3v) is 6.94. The highest BCUT2D eigenvalue weighted by Crippen LogP contribution is 2.42. The topological polar surface area (TPSA) is 44.8 Å². The van der Waals surface area contributed by atoms with Gasteiger partial charge >= 0.3 is 0 Å². The number of halogens is 4. The molecule has 2 aromatic heterocycles. The third kappa shape index (κ3) is 3.37. The summed E-state index contributed by atoms with van der Waals surface area (Å²) < 4.78 is 44.1. The molecule has 0 saturated heterocycles. The molecule has 2 aromatic carbocycles. The summed E-state index contributed by atoms with van der Waals surface area (Å²) in [7, 11) is 0. The van der Waals surface area contributed by atoms with E-state index in [9.17, 15) is 8.78 Å². The second kappa shape index (κ2) is 7.76. The fourth-order valence-corrected chi connectivity index (χ4v) is 4.74. The van der Waals surface area contributed by atoms with Gasteiger partial charge in [0.2, 0.25) is 5.95 Å². The Labute approximate surface area is 194 Å². The lowest BCUT2D eigenvalue weighted by Gasteiger charge is -2.36. The predicted molar refractivity (Wildman–Crippen MR) is 123 cm³/mol. The molecule has 0 spiro atoms. The molecule has 0 amide bonds. The molecule has 4 nitrogen and oxygen atoms in total. The summed E-state index contributed by atoms with van der Waals surface area (Å²) in [5.74, 6) is -1.91. The molecular weight excluding hydrogens is 449 g/mol. The summed E-state index contributed by atoms with van der Waals surface area (Å²) in [6.07, 6.45) is 0.582. The van der Waals surface area contributed by atoms with Gasteiger partial charge in [-0.15, -0.1) is 0 Å². The second-order valence-corrected chi connectivity index (χ2v) is 9.00. The first kappa shape index (κ1) is 21.8. The van der Waals surface area contributed by atoms with Crippen molar-refractivity contribution in [2.24, 2.45) is 0 Å². The van der Waals surface area contributed by atoms with Crippen LogP contribution in [0.15, 0.2) is 24.3 Å². The van der Waals surface area contributed by atoms with Gasteiger partial charge in [0.25, 0.3) is 0 Å². The molecule has 0 aliphatic carbocycles. The van der Waals surface area contributed by atoms with Gasteiger partial charge in [0.05, 0.1) is 5.02 Å². The summed E-state index contributed by atoms with van der Waals surface area (Å²) in [4.78, 5) is 14.4. The van der Waals surface area contributed by atoms with Crippen molar-refractivity contribution in [3.63, 3.8) is 0 Å². The van der Waals surface area contributed by atoms with E-state index in [0.717, 1.165) is 27.9 Å². The quantitative estimate of drug-likeness (QED) is 0.368. The summed E-state index contributed by atoms with van der Waals surface area (Å²) in [5, 5.41) is 0.787. The number of fused-ring (bicyclic) bond motifs is 3. The molecule has 4 aromatic rings. The van der Waals surface area contributed by atoms with E-state index in [1.54, 1.807) is 18.2 Å². The molecule has 33 heavy (non-hydrogen) atoms. The van der Waals surface area contributed by atoms with Crippen molar-refractivity contribution in [2.45, 2.75) is 40.2 Å². The van der Waals surface area contributed by atoms with Crippen LogP contribution in [-0.4, -0.2) is 21.5 Å². The van der Waals surface area contributed by atoms with Crippen LogP contribution in [0.25, 0.3) is 10.9 Å². The van der Waals surface area contributed by atoms with Crippen molar-refractivity contribution in [1.82, 2.24) is 15.0 Å². The molecule has 0 radical (unpaired) electrons. The SMILES string of the molecule is Cc1ccc(C2c3[nH]c4cc(F)c(Cl)cc4c3CCN2c2nc(C)c(C)c(C)n2)c(F)c1F. The summed E-state index contributed by atoms with van der Waals surface area (Å²) in [5.41, 5.74) is 5.12. The van der Waals surface area contributed by atoms with Gasteiger partial charge in [-0.3, -0.25) is 0 Å². The number of hydrogen-bond acceptors (Lipinski definition) is 3.